The highest BCUT2D eigenvalue weighted by Crippen LogP contribution is 2.43. The van der Waals surface area contributed by atoms with Crippen molar-refractivity contribution < 1.29 is 9.53 Å². The zero-order valence-electron chi connectivity index (χ0n) is 17.1. The molecule has 0 radical (unpaired) electrons. The average Bonchev–Trinajstić information content (AvgIpc) is 3.24. The van der Waals surface area contributed by atoms with E-state index < -0.39 is 0 Å². The van der Waals surface area contributed by atoms with Gasteiger partial charge in [-0.05, 0) is 57.8 Å². The molecule has 7 heteroatoms. The Hall–Kier alpha value is -1.70. The van der Waals surface area contributed by atoms with Gasteiger partial charge in [0.1, 0.15) is 0 Å². The van der Waals surface area contributed by atoms with E-state index in [1.165, 1.54) is 10.4 Å². The Kier molecular flexibility index (Phi) is 5.58. The van der Waals surface area contributed by atoms with Crippen LogP contribution in [0.25, 0.3) is 0 Å². The first-order chi connectivity index (χ1) is 13.5. The van der Waals surface area contributed by atoms with Gasteiger partial charge in [0.25, 0.3) is 5.91 Å². The van der Waals surface area contributed by atoms with Gasteiger partial charge < -0.3 is 15.4 Å². The predicted octanol–water partition coefficient (Wildman–Crippen LogP) is 3.05. The molecule has 2 aromatic heterocycles. The number of carbonyl (C=O) groups excluding carboxylic acids is 1. The molecule has 2 aliphatic rings. The van der Waals surface area contributed by atoms with Gasteiger partial charge in [0.05, 0.1) is 22.8 Å². The molecule has 4 heterocycles. The Morgan fingerprint density at radius 2 is 2.18 bits per heavy atom. The maximum absolute atomic E-state index is 12.9. The molecule has 152 valence electrons. The number of fused-ring (bicyclic) bond motifs is 2. The van der Waals surface area contributed by atoms with Crippen LogP contribution >= 0.6 is 11.3 Å². The van der Waals surface area contributed by atoms with E-state index in [1.54, 1.807) is 11.3 Å². The Morgan fingerprint density at radius 1 is 1.39 bits per heavy atom. The van der Waals surface area contributed by atoms with E-state index in [2.05, 4.69) is 35.6 Å². The van der Waals surface area contributed by atoms with Crippen LogP contribution in [0.2, 0.25) is 0 Å². The van der Waals surface area contributed by atoms with Crippen LogP contribution in [0.15, 0.2) is 6.07 Å². The summed E-state index contributed by atoms with van der Waals surface area (Å²) in [6.07, 6.45) is 3.91. The Bertz CT molecular complexity index is 864. The van der Waals surface area contributed by atoms with Crippen molar-refractivity contribution in [3.8, 4) is 0 Å². The molecule has 1 spiro atoms. The largest absolute Gasteiger partial charge is 0.370 e. The van der Waals surface area contributed by atoms with E-state index in [0.29, 0.717) is 6.54 Å². The molecule has 0 aromatic carbocycles. The highest BCUT2D eigenvalue weighted by molar-refractivity contribution is 7.14. The third kappa shape index (κ3) is 3.51. The van der Waals surface area contributed by atoms with Crippen LogP contribution < -0.4 is 10.6 Å². The number of hydrogen-bond donors (Lipinski definition) is 2. The van der Waals surface area contributed by atoms with Gasteiger partial charge in [0, 0.05) is 35.6 Å². The predicted molar refractivity (Wildman–Crippen MR) is 111 cm³/mol. The van der Waals surface area contributed by atoms with Crippen molar-refractivity contribution in [1.29, 1.82) is 0 Å². The van der Waals surface area contributed by atoms with Crippen LogP contribution in [0.1, 0.15) is 63.2 Å². The molecule has 0 unspecified atom stereocenters. The molecule has 2 aromatic rings. The number of nitrogens with one attached hydrogen (secondary N) is 2. The first kappa shape index (κ1) is 19.6. The lowest BCUT2D eigenvalue weighted by atomic mass is 9.83. The number of rotatable bonds is 5. The highest BCUT2D eigenvalue weighted by Gasteiger charge is 2.40. The minimum atomic E-state index is -0.192. The van der Waals surface area contributed by atoms with Gasteiger partial charge in [-0.15, -0.1) is 11.3 Å². The average molecular weight is 403 g/mol. The maximum atomic E-state index is 12.9. The van der Waals surface area contributed by atoms with Gasteiger partial charge >= 0.3 is 0 Å². The summed E-state index contributed by atoms with van der Waals surface area (Å²) in [4.78, 5) is 15.0. The minimum Gasteiger partial charge on any atom is -0.370 e. The third-order valence-corrected chi connectivity index (χ3v) is 7.23. The number of aromatic nitrogens is 2. The van der Waals surface area contributed by atoms with Gasteiger partial charge in [-0.1, -0.05) is 6.92 Å². The van der Waals surface area contributed by atoms with E-state index in [1.807, 2.05) is 11.6 Å². The number of piperidine rings is 1. The van der Waals surface area contributed by atoms with Crippen LogP contribution in [0, 0.1) is 13.8 Å². The fraction of sp³-hybridized carbons (Fsp3) is 0.619. The topological polar surface area (TPSA) is 68.2 Å². The van der Waals surface area contributed by atoms with Gasteiger partial charge in [-0.2, -0.15) is 5.10 Å². The van der Waals surface area contributed by atoms with Crippen molar-refractivity contribution in [2.45, 2.75) is 65.1 Å². The summed E-state index contributed by atoms with van der Waals surface area (Å²) in [6, 6.07) is 2.08. The third-order valence-electron chi connectivity index (χ3n) is 6.03. The second kappa shape index (κ2) is 7.97. The number of thiophene rings is 1. The lowest BCUT2D eigenvalue weighted by Gasteiger charge is -2.40. The monoisotopic (exact) mass is 402 g/mol. The van der Waals surface area contributed by atoms with E-state index >= 15 is 0 Å². The number of amides is 1. The van der Waals surface area contributed by atoms with Crippen molar-refractivity contribution in [2.24, 2.45) is 0 Å². The molecule has 2 N–H and O–H groups in total. The minimum absolute atomic E-state index is 0.00512. The molecule has 6 nitrogen and oxygen atoms in total. The summed E-state index contributed by atoms with van der Waals surface area (Å²) in [5.74, 6) is 0.00512. The van der Waals surface area contributed by atoms with Crippen LogP contribution in [-0.4, -0.2) is 35.4 Å². The molecule has 0 aliphatic carbocycles. The fourth-order valence-corrected chi connectivity index (χ4v) is 5.60. The SMILES string of the molecule is CCCn1nc(C)c(CNC(=O)c2cc3c(s2)CCOC32CCNCC2)c1C. The molecule has 1 amide bonds. The summed E-state index contributed by atoms with van der Waals surface area (Å²) in [6.45, 7) is 10.4. The molecule has 2 aliphatic heterocycles. The second-order valence-electron chi connectivity index (χ2n) is 7.85. The van der Waals surface area contributed by atoms with Crippen molar-refractivity contribution in [2.75, 3.05) is 19.7 Å². The summed E-state index contributed by atoms with van der Waals surface area (Å²) in [5, 5.41) is 11.1. The Labute approximate surface area is 170 Å². The number of ether oxygens (including phenoxy) is 1. The van der Waals surface area contributed by atoms with Crippen LogP contribution in [-0.2, 0) is 29.8 Å². The normalized spacial score (nSPS) is 18.2. The van der Waals surface area contributed by atoms with E-state index in [4.69, 9.17) is 4.74 Å². The molecule has 1 saturated heterocycles. The van der Waals surface area contributed by atoms with Crippen molar-refractivity contribution in [3.63, 3.8) is 0 Å². The maximum Gasteiger partial charge on any atom is 0.261 e. The summed E-state index contributed by atoms with van der Waals surface area (Å²) < 4.78 is 8.28. The van der Waals surface area contributed by atoms with E-state index in [0.717, 1.165) is 73.8 Å². The lowest BCUT2D eigenvalue weighted by molar-refractivity contribution is -0.0792. The quantitative estimate of drug-likeness (QED) is 0.807. The number of hydrogen-bond acceptors (Lipinski definition) is 5. The van der Waals surface area contributed by atoms with Crippen molar-refractivity contribution in [1.82, 2.24) is 20.4 Å². The summed E-state index contributed by atoms with van der Waals surface area (Å²) in [5.41, 5.74) is 4.33. The van der Waals surface area contributed by atoms with Crippen LogP contribution in [0.5, 0.6) is 0 Å². The molecule has 1 fully saturated rings. The first-order valence-electron chi connectivity index (χ1n) is 10.3. The molecule has 0 bridgehead atoms. The summed E-state index contributed by atoms with van der Waals surface area (Å²) in [7, 11) is 0. The van der Waals surface area contributed by atoms with Gasteiger partial charge in [-0.25, -0.2) is 0 Å². The van der Waals surface area contributed by atoms with Gasteiger partial charge in [-0.3, -0.25) is 9.48 Å². The number of carbonyl (C=O) groups is 1. The second-order valence-corrected chi connectivity index (χ2v) is 8.98. The number of aryl methyl sites for hydroxylation is 2. The summed E-state index contributed by atoms with van der Waals surface area (Å²) >= 11 is 1.63. The number of nitrogens with zero attached hydrogens (tertiary/aromatic N) is 2. The smallest absolute Gasteiger partial charge is 0.261 e. The lowest BCUT2D eigenvalue weighted by Crippen LogP contribution is -2.44. The molecule has 28 heavy (non-hydrogen) atoms. The molecule has 0 atom stereocenters. The van der Waals surface area contributed by atoms with E-state index in [9.17, 15) is 4.79 Å². The molecular weight excluding hydrogens is 372 g/mol. The molecular formula is C21H30N4O2S. The van der Waals surface area contributed by atoms with Crippen LogP contribution in [0.4, 0.5) is 0 Å². The van der Waals surface area contributed by atoms with Crippen LogP contribution in [0.3, 0.4) is 0 Å². The first-order valence-corrected chi connectivity index (χ1v) is 11.1. The van der Waals surface area contributed by atoms with Gasteiger partial charge in [0.2, 0.25) is 0 Å². The zero-order chi connectivity index (χ0) is 19.7. The molecule has 0 saturated carbocycles. The Morgan fingerprint density at radius 3 is 2.93 bits per heavy atom. The molecule has 4 rings (SSSR count). The standard InChI is InChI=1S/C21H30N4O2S/c1-4-10-25-15(3)16(14(2)24-25)13-23-20(26)19-12-17-18(28-19)5-11-27-21(17)6-8-22-9-7-21/h12,22H,4-11,13H2,1-3H3,(H,23,26). The zero-order valence-corrected chi connectivity index (χ0v) is 17.9. The van der Waals surface area contributed by atoms with E-state index in [-0.39, 0.29) is 11.5 Å². The fourth-order valence-electron chi connectivity index (χ4n) is 4.45. The van der Waals surface area contributed by atoms with Crippen molar-refractivity contribution >= 4 is 17.2 Å². The Balaban J connectivity index is 1.50. The highest BCUT2D eigenvalue weighted by atomic mass is 32.1. The van der Waals surface area contributed by atoms with Crippen molar-refractivity contribution in [3.05, 3.63) is 38.3 Å². The van der Waals surface area contributed by atoms with Gasteiger partial charge in [0.15, 0.2) is 0 Å².